The van der Waals surface area contributed by atoms with Crippen LogP contribution in [0, 0.1) is 5.82 Å². The average Bonchev–Trinajstić information content (AvgIpc) is 3.17. The Hall–Kier alpha value is -3.11. The summed E-state index contributed by atoms with van der Waals surface area (Å²) in [4.78, 5) is 45.8. The summed E-state index contributed by atoms with van der Waals surface area (Å²) >= 11 is 0. The van der Waals surface area contributed by atoms with Crippen LogP contribution in [-0.2, 0) is 22.7 Å². The lowest BCUT2D eigenvalue weighted by Crippen LogP contribution is -2.34. The largest absolute Gasteiger partial charge is 0.391 e. The molecule has 2 amide bonds. The van der Waals surface area contributed by atoms with Crippen LogP contribution < -0.4 is 10.9 Å². The lowest BCUT2D eigenvalue weighted by atomic mass is 10.1. The van der Waals surface area contributed by atoms with Crippen molar-refractivity contribution in [3.8, 4) is 0 Å². The zero-order chi connectivity index (χ0) is 22.5. The van der Waals surface area contributed by atoms with Gasteiger partial charge in [0.2, 0.25) is 5.91 Å². The van der Waals surface area contributed by atoms with E-state index >= 15 is 0 Å². The summed E-state index contributed by atoms with van der Waals surface area (Å²) in [5.41, 5.74) is -0.382. The molecule has 3 N–H and O–H groups in total. The van der Waals surface area contributed by atoms with Crippen LogP contribution in [0.4, 0.5) is 4.39 Å². The SMILES string of the molecule is CCOC1CC(c2nc(C(=O)NCc3ccc(F)cc3)c(CO)c(=O)[nH]2)N(C(C)=O)C1. The Labute approximate surface area is 178 Å². The fourth-order valence-electron chi connectivity index (χ4n) is 3.64. The van der Waals surface area contributed by atoms with Gasteiger partial charge in [0.1, 0.15) is 17.3 Å². The maximum absolute atomic E-state index is 13.1. The number of likely N-dealkylation sites (tertiary alicyclic amines) is 1. The molecule has 1 aromatic carbocycles. The zero-order valence-corrected chi connectivity index (χ0v) is 17.4. The number of nitrogens with zero attached hydrogens (tertiary/aromatic N) is 2. The minimum atomic E-state index is -0.676. The predicted octanol–water partition coefficient (Wildman–Crippen LogP) is 1.03. The number of nitrogens with one attached hydrogen (secondary N) is 2. The number of amides is 2. The summed E-state index contributed by atoms with van der Waals surface area (Å²) in [6.45, 7) is 3.51. The first kappa shape index (κ1) is 22.6. The topological polar surface area (TPSA) is 125 Å². The molecule has 0 radical (unpaired) electrons. The summed E-state index contributed by atoms with van der Waals surface area (Å²) in [5.74, 6) is -1.10. The number of rotatable bonds is 7. The van der Waals surface area contributed by atoms with E-state index in [1.54, 1.807) is 0 Å². The molecule has 10 heteroatoms. The van der Waals surface area contributed by atoms with Crippen molar-refractivity contribution < 1.29 is 23.8 Å². The van der Waals surface area contributed by atoms with Crippen LogP contribution in [-0.4, -0.2) is 51.0 Å². The number of hydrogen-bond donors (Lipinski definition) is 3. The number of aromatic nitrogens is 2. The van der Waals surface area contributed by atoms with Gasteiger partial charge in [-0.2, -0.15) is 0 Å². The molecule has 9 nitrogen and oxygen atoms in total. The van der Waals surface area contributed by atoms with Gasteiger partial charge in [-0.25, -0.2) is 9.37 Å². The molecule has 2 unspecified atom stereocenters. The van der Waals surface area contributed by atoms with Gasteiger partial charge in [0.15, 0.2) is 0 Å². The lowest BCUT2D eigenvalue weighted by molar-refractivity contribution is -0.130. The van der Waals surface area contributed by atoms with Crippen LogP contribution in [0.1, 0.15) is 53.7 Å². The first-order chi connectivity index (χ1) is 14.8. The van der Waals surface area contributed by atoms with E-state index in [1.807, 2.05) is 6.92 Å². The third-order valence-electron chi connectivity index (χ3n) is 5.16. The van der Waals surface area contributed by atoms with E-state index in [0.717, 1.165) is 0 Å². The van der Waals surface area contributed by atoms with E-state index in [9.17, 15) is 23.9 Å². The summed E-state index contributed by atoms with van der Waals surface area (Å²) in [6.07, 6.45) is 0.211. The van der Waals surface area contributed by atoms with Gasteiger partial charge >= 0.3 is 0 Å². The predicted molar refractivity (Wildman–Crippen MR) is 109 cm³/mol. The van der Waals surface area contributed by atoms with Crippen molar-refractivity contribution in [2.75, 3.05) is 13.2 Å². The van der Waals surface area contributed by atoms with Crippen molar-refractivity contribution in [1.29, 1.82) is 0 Å². The number of hydrogen-bond acceptors (Lipinski definition) is 6. The van der Waals surface area contributed by atoms with Gasteiger partial charge in [-0.1, -0.05) is 12.1 Å². The van der Waals surface area contributed by atoms with Gasteiger partial charge in [-0.05, 0) is 24.6 Å². The minimum Gasteiger partial charge on any atom is -0.391 e. The van der Waals surface area contributed by atoms with Crippen LogP contribution in [0.2, 0.25) is 0 Å². The molecule has 0 spiro atoms. The van der Waals surface area contributed by atoms with E-state index in [0.29, 0.717) is 25.1 Å². The van der Waals surface area contributed by atoms with Crippen LogP contribution in [0.5, 0.6) is 0 Å². The van der Waals surface area contributed by atoms with E-state index in [2.05, 4.69) is 15.3 Å². The van der Waals surface area contributed by atoms with Crippen LogP contribution in [0.25, 0.3) is 0 Å². The molecule has 0 saturated carbocycles. The van der Waals surface area contributed by atoms with Crippen LogP contribution in [0.15, 0.2) is 29.1 Å². The molecule has 0 aliphatic carbocycles. The van der Waals surface area contributed by atoms with Crippen LogP contribution in [0.3, 0.4) is 0 Å². The zero-order valence-electron chi connectivity index (χ0n) is 17.4. The summed E-state index contributed by atoms with van der Waals surface area (Å²) in [7, 11) is 0. The van der Waals surface area contributed by atoms with Crippen molar-refractivity contribution in [2.45, 2.75) is 45.6 Å². The summed E-state index contributed by atoms with van der Waals surface area (Å²) in [6, 6.07) is 5.04. The van der Waals surface area contributed by atoms with E-state index < -0.39 is 29.9 Å². The second-order valence-corrected chi connectivity index (χ2v) is 7.25. The van der Waals surface area contributed by atoms with Crippen LogP contribution >= 0.6 is 0 Å². The standard InChI is InChI=1S/C21H25FN4O5/c1-3-31-15-8-17(26(10-15)12(2)28)19-24-18(16(11-27)20(29)25-19)21(30)23-9-13-4-6-14(22)7-5-13/h4-7,15,17,27H,3,8-11H2,1-2H3,(H,23,30)(H,24,25,29). The third-order valence-corrected chi connectivity index (χ3v) is 5.16. The second-order valence-electron chi connectivity index (χ2n) is 7.25. The maximum atomic E-state index is 13.1. The van der Waals surface area contributed by atoms with Gasteiger partial charge in [0.25, 0.3) is 11.5 Å². The highest BCUT2D eigenvalue weighted by Gasteiger charge is 2.37. The molecule has 2 aromatic rings. The molecule has 1 aromatic heterocycles. The Morgan fingerprint density at radius 1 is 1.35 bits per heavy atom. The second kappa shape index (κ2) is 9.80. The van der Waals surface area contributed by atoms with E-state index in [1.165, 1.54) is 36.1 Å². The Balaban J connectivity index is 1.88. The van der Waals surface area contributed by atoms with Crippen molar-refractivity contribution >= 4 is 11.8 Å². The molecule has 31 heavy (non-hydrogen) atoms. The number of H-pyrrole nitrogens is 1. The van der Waals surface area contributed by atoms with Gasteiger partial charge in [0, 0.05) is 33.0 Å². The Morgan fingerprint density at radius 2 is 2.06 bits per heavy atom. The molecule has 2 atom stereocenters. The minimum absolute atomic E-state index is 0.0865. The number of aliphatic hydroxyl groups is 1. The third kappa shape index (κ3) is 5.15. The fraction of sp³-hybridized carbons (Fsp3) is 0.429. The Morgan fingerprint density at radius 3 is 2.68 bits per heavy atom. The number of aliphatic hydroxyl groups excluding tert-OH is 1. The molecule has 1 aliphatic heterocycles. The van der Waals surface area contributed by atoms with E-state index in [-0.39, 0.29) is 35.6 Å². The average molecular weight is 432 g/mol. The summed E-state index contributed by atoms with van der Waals surface area (Å²) in [5, 5.41) is 12.2. The molecular formula is C21H25FN4O5. The molecule has 166 valence electrons. The Bertz CT molecular complexity index is 1010. The lowest BCUT2D eigenvalue weighted by Gasteiger charge is -2.22. The summed E-state index contributed by atoms with van der Waals surface area (Å²) < 4.78 is 18.7. The number of aromatic amines is 1. The quantitative estimate of drug-likeness (QED) is 0.600. The highest BCUT2D eigenvalue weighted by atomic mass is 19.1. The molecule has 3 rings (SSSR count). The van der Waals surface area contributed by atoms with E-state index in [4.69, 9.17) is 4.74 Å². The first-order valence-corrected chi connectivity index (χ1v) is 9.99. The first-order valence-electron chi connectivity index (χ1n) is 9.99. The number of carbonyl (C=O) groups excluding carboxylic acids is 2. The molecule has 1 aliphatic rings. The Kier molecular flexibility index (Phi) is 7.13. The van der Waals surface area contributed by atoms with Crippen molar-refractivity contribution in [1.82, 2.24) is 20.2 Å². The van der Waals surface area contributed by atoms with Gasteiger partial charge in [-0.3, -0.25) is 14.4 Å². The van der Waals surface area contributed by atoms with Crippen molar-refractivity contribution in [3.05, 3.63) is 63.1 Å². The van der Waals surface area contributed by atoms with Crippen molar-refractivity contribution in [3.63, 3.8) is 0 Å². The van der Waals surface area contributed by atoms with Crippen molar-refractivity contribution in [2.24, 2.45) is 0 Å². The molecule has 1 saturated heterocycles. The monoisotopic (exact) mass is 432 g/mol. The number of ether oxygens (including phenoxy) is 1. The fourth-order valence-corrected chi connectivity index (χ4v) is 3.64. The highest BCUT2D eigenvalue weighted by Crippen LogP contribution is 2.31. The van der Waals surface area contributed by atoms with Gasteiger partial charge in [0.05, 0.1) is 24.3 Å². The van der Waals surface area contributed by atoms with Gasteiger partial charge in [-0.15, -0.1) is 0 Å². The molecule has 1 fully saturated rings. The number of halogens is 1. The smallest absolute Gasteiger partial charge is 0.270 e. The maximum Gasteiger partial charge on any atom is 0.270 e. The molecule has 2 heterocycles. The van der Waals surface area contributed by atoms with Gasteiger partial charge < -0.3 is 25.0 Å². The molecule has 0 bridgehead atoms. The number of benzene rings is 1. The normalized spacial score (nSPS) is 18.3. The highest BCUT2D eigenvalue weighted by molar-refractivity contribution is 5.93. The number of carbonyl (C=O) groups is 2. The molecular weight excluding hydrogens is 407 g/mol.